The van der Waals surface area contributed by atoms with Crippen molar-refractivity contribution in [2.45, 2.75) is 13.8 Å². The number of allylic oxidation sites excluding steroid dienone is 1. The third-order valence-electron chi connectivity index (χ3n) is 0.763. The molecule has 0 unspecified atom stereocenters. The zero-order chi connectivity index (χ0) is 9.07. The Morgan fingerprint density at radius 2 is 2.18 bits per heavy atom. The summed E-state index contributed by atoms with van der Waals surface area (Å²) in [4.78, 5) is 0. The number of rotatable bonds is 4. The third kappa shape index (κ3) is 3.09. The lowest BCUT2D eigenvalue weighted by Gasteiger charge is -2.13. The first-order valence-electron chi connectivity index (χ1n) is 2.92. The zero-order valence-electron chi connectivity index (χ0n) is 6.37. The summed E-state index contributed by atoms with van der Waals surface area (Å²) in [6, 6.07) is 0. The molecule has 0 saturated heterocycles. The molecule has 0 aromatic rings. The van der Waals surface area contributed by atoms with E-state index in [9.17, 15) is 8.42 Å². The minimum atomic E-state index is -3.81. The molecule has 6 heteroatoms. The van der Waals surface area contributed by atoms with Crippen molar-refractivity contribution in [3.8, 4) is 0 Å². The number of hydrogen-bond acceptors (Lipinski definition) is 3. The van der Waals surface area contributed by atoms with Gasteiger partial charge in [-0.3, -0.25) is 4.18 Å². The number of nitrogens with zero attached hydrogens (tertiary/aromatic N) is 1. The fourth-order valence-corrected chi connectivity index (χ4v) is 1.28. The van der Waals surface area contributed by atoms with Crippen LogP contribution in [-0.2, 0) is 14.5 Å². The standard InChI is InChI=1S/C5H10ClNO3S/c1-4-10-11(8,9)7(6)5(2)3/h2,4H2,1,3H3. The van der Waals surface area contributed by atoms with Crippen molar-refractivity contribution in [1.29, 1.82) is 0 Å². The van der Waals surface area contributed by atoms with Crippen molar-refractivity contribution < 1.29 is 12.6 Å². The number of hydrogen-bond donors (Lipinski definition) is 0. The average molecular weight is 200 g/mol. The highest BCUT2D eigenvalue weighted by molar-refractivity contribution is 7.85. The van der Waals surface area contributed by atoms with Gasteiger partial charge in [-0.05, 0) is 13.8 Å². The maximum absolute atomic E-state index is 10.9. The molecule has 0 bridgehead atoms. The van der Waals surface area contributed by atoms with E-state index in [1.54, 1.807) is 6.92 Å². The second-order valence-corrected chi connectivity index (χ2v) is 3.81. The van der Waals surface area contributed by atoms with Crippen LogP contribution in [0.2, 0.25) is 0 Å². The molecule has 0 aliphatic carbocycles. The molecule has 0 N–H and O–H groups in total. The summed E-state index contributed by atoms with van der Waals surface area (Å²) in [5, 5.41) is 0. The van der Waals surface area contributed by atoms with Crippen LogP contribution in [0.15, 0.2) is 12.3 Å². The molecular formula is C5H10ClNO3S. The average Bonchev–Trinajstić information content (AvgIpc) is 1.86. The van der Waals surface area contributed by atoms with Gasteiger partial charge in [-0.15, -0.1) is 0 Å². The lowest BCUT2D eigenvalue weighted by molar-refractivity contribution is 0.319. The van der Waals surface area contributed by atoms with E-state index in [4.69, 9.17) is 11.8 Å². The molecule has 11 heavy (non-hydrogen) atoms. The summed E-state index contributed by atoms with van der Waals surface area (Å²) >= 11 is 5.31. The van der Waals surface area contributed by atoms with E-state index in [0.717, 1.165) is 0 Å². The smallest absolute Gasteiger partial charge is 0.253 e. The molecular weight excluding hydrogens is 190 g/mol. The van der Waals surface area contributed by atoms with Crippen LogP contribution in [-0.4, -0.2) is 18.8 Å². The molecule has 0 heterocycles. The summed E-state index contributed by atoms with van der Waals surface area (Å²) in [7, 11) is -3.81. The Morgan fingerprint density at radius 1 is 1.73 bits per heavy atom. The van der Waals surface area contributed by atoms with Crippen molar-refractivity contribution in [2.75, 3.05) is 6.61 Å². The monoisotopic (exact) mass is 199 g/mol. The quantitative estimate of drug-likeness (QED) is 0.641. The first-order chi connectivity index (χ1) is 4.91. The Bertz CT molecular complexity index is 236. The Morgan fingerprint density at radius 3 is 2.45 bits per heavy atom. The van der Waals surface area contributed by atoms with Gasteiger partial charge in [-0.25, -0.2) is 0 Å². The fraction of sp³-hybridized carbons (Fsp3) is 0.600. The summed E-state index contributed by atoms with van der Waals surface area (Å²) in [6.45, 7) is 6.41. The summed E-state index contributed by atoms with van der Waals surface area (Å²) in [5.41, 5.74) is 0.195. The van der Waals surface area contributed by atoms with Crippen LogP contribution in [0.1, 0.15) is 13.8 Å². The molecule has 0 radical (unpaired) electrons. The van der Waals surface area contributed by atoms with E-state index < -0.39 is 10.3 Å². The van der Waals surface area contributed by atoms with E-state index in [-0.39, 0.29) is 12.3 Å². The van der Waals surface area contributed by atoms with Crippen molar-refractivity contribution in [1.82, 2.24) is 3.82 Å². The molecule has 0 aromatic carbocycles. The van der Waals surface area contributed by atoms with Crippen molar-refractivity contribution in [3.63, 3.8) is 0 Å². The third-order valence-corrected chi connectivity index (χ3v) is 2.80. The van der Waals surface area contributed by atoms with Gasteiger partial charge in [0.15, 0.2) is 0 Å². The van der Waals surface area contributed by atoms with Gasteiger partial charge in [0.25, 0.3) is 0 Å². The van der Waals surface area contributed by atoms with Gasteiger partial charge in [0.2, 0.25) is 0 Å². The predicted molar refractivity (Wildman–Crippen MR) is 43.1 cm³/mol. The van der Waals surface area contributed by atoms with Crippen LogP contribution in [0.3, 0.4) is 0 Å². The van der Waals surface area contributed by atoms with Crippen LogP contribution >= 0.6 is 11.8 Å². The van der Waals surface area contributed by atoms with Crippen molar-refractivity contribution in [2.24, 2.45) is 0 Å². The topological polar surface area (TPSA) is 46.6 Å². The Hall–Kier alpha value is -0.260. The first kappa shape index (κ1) is 10.7. The summed E-state index contributed by atoms with van der Waals surface area (Å²) in [6.07, 6.45) is 0. The van der Waals surface area contributed by atoms with E-state index in [1.807, 2.05) is 0 Å². The van der Waals surface area contributed by atoms with Crippen LogP contribution in [0.5, 0.6) is 0 Å². The maximum atomic E-state index is 10.9. The molecule has 4 nitrogen and oxygen atoms in total. The molecule has 0 saturated carbocycles. The first-order valence-corrected chi connectivity index (χ1v) is 4.63. The Labute approximate surface area is 71.8 Å². The minimum absolute atomic E-state index is 0.0544. The second-order valence-electron chi connectivity index (χ2n) is 1.81. The second kappa shape index (κ2) is 3.94. The van der Waals surface area contributed by atoms with Gasteiger partial charge in [-0.1, -0.05) is 6.58 Å². The minimum Gasteiger partial charge on any atom is -0.253 e. The molecule has 0 aliphatic heterocycles. The normalized spacial score (nSPS) is 11.2. The highest BCUT2D eigenvalue weighted by Gasteiger charge is 2.19. The van der Waals surface area contributed by atoms with E-state index >= 15 is 0 Å². The van der Waals surface area contributed by atoms with E-state index in [0.29, 0.717) is 3.82 Å². The molecule has 0 aromatic heterocycles. The van der Waals surface area contributed by atoms with Gasteiger partial charge in [0, 0.05) is 17.5 Å². The summed E-state index contributed by atoms with van der Waals surface area (Å²) in [5.74, 6) is 0. The van der Waals surface area contributed by atoms with Gasteiger partial charge in [-0.2, -0.15) is 12.2 Å². The summed E-state index contributed by atoms with van der Waals surface area (Å²) < 4.78 is 26.6. The van der Waals surface area contributed by atoms with Gasteiger partial charge >= 0.3 is 10.3 Å². The number of halogens is 1. The highest BCUT2D eigenvalue weighted by Crippen LogP contribution is 2.12. The van der Waals surface area contributed by atoms with Crippen LogP contribution in [0.4, 0.5) is 0 Å². The fourth-order valence-electron chi connectivity index (χ4n) is 0.386. The predicted octanol–water partition coefficient (Wildman–Crippen LogP) is 1.26. The molecule has 0 rings (SSSR count). The molecule has 0 fully saturated rings. The van der Waals surface area contributed by atoms with Crippen LogP contribution in [0, 0.1) is 0 Å². The van der Waals surface area contributed by atoms with Crippen molar-refractivity contribution >= 4 is 22.1 Å². The molecule has 0 spiro atoms. The molecule has 0 atom stereocenters. The molecule has 66 valence electrons. The molecule has 0 aliphatic rings. The van der Waals surface area contributed by atoms with Crippen LogP contribution in [0.25, 0.3) is 0 Å². The van der Waals surface area contributed by atoms with Crippen LogP contribution < -0.4 is 0 Å². The van der Waals surface area contributed by atoms with Gasteiger partial charge in [0.1, 0.15) is 0 Å². The SMILES string of the molecule is C=C(C)N(Cl)S(=O)(=O)OCC. The lowest BCUT2D eigenvalue weighted by Crippen LogP contribution is -2.21. The lowest BCUT2D eigenvalue weighted by atomic mass is 10.6. The van der Waals surface area contributed by atoms with Gasteiger partial charge in [0.05, 0.1) is 6.61 Å². The zero-order valence-corrected chi connectivity index (χ0v) is 7.94. The largest absolute Gasteiger partial charge is 0.376 e. The van der Waals surface area contributed by atoms with E-state index in [1.165, 1.54) is 6.92 Å². The van der Waals surface area contributed by atoms with E-state index in [2.05, 4.69) is 10.8 Å². The molecule has 0 amide bonds. The Balaban J connectivity index is 4.44. The van der Waals surface area contributed by atoms with Gasteiger partial charge < -0.3 is 0 Å². The van der Waals surface area contributed by atoms with Crippen molar-refractivity contribution in [3.05, 3.63) is 12.3 Å². The maximum Gasteiger partial charge on any atom is 0.376 e. The highest BCUT2D eigenvalue weighted by atomic mass is 35.5. The Kier molecular flexibility index (Phi) is 3.85.